The van der Waals surface area contributed by atoms with E-state index in [9.17, 15) is 19.7 Å². The van der Waals surface area contributed by atoms with Gasteiger partial charge in [0.2, 0.25) is 0 Å². The zero-order valence-corrected chi connectivity index (χ0v) is 14.4. The number of nitrogens with one attached hydrogen (secondary N) is 1. The van der Waals surface area contributed by atoms with Crippen LogP contribution in [-0.2, 0) is 9.53 Å². The van der Waals surface area contributed by atoms with Gasteiger partial charge < -0.3 is 10.1 Å². The van der Waals surface area contributed by atoms with Crippen molar-refractivity contribution in [2.75, 3.05) is 11.9 Å². The first-order valence-electron chi connectivity index (χ1n) is 6.92. The average molecular weight is 394 g/mol. The molecule has 2 aromatic rings. The summed E-state index contributed by atoms with van der Waals surface area (Å²) in [6, 6.07) is 9.51. The van der Waals surface area contributed by atoms with Gasteiger partial charge in [-0.3, -0.25) is 14.9 Å². The fraction of sp³-hybridized carbons (Fsp3) is 0.0625. The lowest BCUT2D eigenvalue weighted by Crippen LogP contribution is -2.21. The number of halogens is 2. The van der Waals surface area contributed by atoms with Gasteiger partial charge in [-0.15, -0.1) is 0 Å². The molecule has 132 valence electrons. The average Bonchev–Trinajstić information content (AvgIpc) is 2.59. The predicted octanol–water partition coefficient (Wildman–Crippen LogP) is 3.57. The molecule has 1 N–H and O–H groups in total. The van der Waals surface area contributed by atoms with Crippen LogP contribution in [0, 0.1) is 21.4 Å². The predicted molar refractivity (Wildman–Crippen MR) is 93.2 cm³/mol. The Labute approximate surface area is 157 Å². The zero-order chi connectivity index (χ0) is 19.3. The molecular weight excluding hydrogens is 385 g/mol. The Morgan fingerprint density at radius 3 is 2.58 bits per heavy atom. The van der Waals surface area contributed by atoms with Crippen LogP contribution >= 0.6 is 23.2 Å². The minimum absolute atomic E-state index is 0.110. The van der Waals surface area contributed by atoms with Crippen molar-refractivity contribution in [2.45, 2.75) is 0 Å². The molecular formula is C16H9Cl2N3O5. The van der Waals surface area contributed by atoms with Gasteiger partial charge in [-0.05, 0) is 30.3 Å². The molecule has 0 aliphatic rings. The summed E-state index contributed by atoms with van der Waals surface area (Å²) in [5.74, 6) is -1.75. The molecule has 0 saturated heterocycles. The van der Waals surface area contributed by atoms with Gasteiger partial charge in [0.05, 0.1) is 15.5 Å². The summed E-state index contributed by atoms with van der Waals surface area (Å²) in [5, 5.41) is 22.4. The molecule has 0 saturated carbocycles. The van der Waals surface area contributed by atoms with Crippen molar-refractivity contribution < 1.29 is 19.2 Å². The molecule has 10 heteroatoms. The summed E-state index contributed by atoms with van der Waals surface area (Å²) in [5.41, 5.74) is -0.316. The first-order valence-corrected chi connectivity index (χ1v) is 7.68. The van der Waals surface area contributed by atoms with E-state index in [0.29, 0.717) is 5.69 Å². The Hall–Kier alpha value is -3.15. The van der Waals surface area contributed by atoms with Crippen LogP contribution in [-0.4, -0.2) is 23.4 Å². The minimum atomic E-state index is -1.06. The van der Waals surface area contributed by atoms with Crippen molar-refractivity contribution in [3.63, 3.8) is 0 Å². The molecule has 0 fully saturated rings. The molecule has 0 bridgehead atoms. The number of amides is 1. The van der Waals surface area contributed by atoms with Crippen LogP contribution in [0.15, 0.2) is 36.4 Å². The second kappa shape index (κ2) is 8.29. The molecule has 0 heterocycles. The first kappa shape index (κ1) is 19.2. The maximum Gasteiger partial charge on any atom is 0.345 e. The van der Waals surface area contributed by atoms with E-state index in [2.05, 4.69) is 5.32 Å². The highest BCUT2D eigenvalue weighted by atomic mass is 35.5. The second-order valence-corrected chi connectivity index (χ2v) is 5.69. The summed E-state index contributed by atoms with van der Waals surface area (Å²) in [4.78, 5) is 34.0. The number of nitrogens with zero attached hydrogens (tertiary/aromatic N) is 2. The lowest BCUT2D eigenvalue weighted by molar-refractivity contribution is -0.385. The van der Waals surface area contributed by atoms with Crippen molar-refractivity contribution in [2.24, 2.45) is 0 Å². The third-order valence-electron chi connectivity index (χ3n) is 3.08. The quantitative estimate of drug-likeness (QED) is 0.470. The van der Waals surface area contributed by atoms with Crippen LogP contribution in [0.5, 0.6) is 0 Å². The Morgan fingerprint density at radius 2 is 1.96 bits per heavy atom. The van der Waals surface area contributed by atoms with E-state index in [1.54, 1.807) is 0 Å². The minimum Gasteiger partial charge on any atom is -0.452 e. The normalized spacial score (nSPS) is 9.88. The van der Waals surface area contributed by atoms with Gasteiger partial charge in [0.1, 0.15) is 11.6 Å². The van der Waals surface area contributed by atoms with Gasteiger partial charge >= 0.3 is 5.97 Å². The van der Waals surface area contributed by atoms with E-state index >= 15 is 0 Å². The summed E-state index contributed by atoms with van der Waals surface area (Å²) in [7, 11) is 0. The molecule has 0 aliphatic carbocycles. The number of benzene rings is 2. The van der Waals surface area contributed by atoms with Crippen molar-refractivity contribution in [3.8, 4) is 6.07 Å². The number of hydrogen-bond acceptors (Lipinski definition) is 6. The lowest BCUT2D eigenvalue weighted by atomic mass is 10.2. The van der Waals surface area contributed by atoms with Crippen LogP contribution in [0.2, 0.25) is 10.0 Å². The second-order valence-electron chi connectivity index (χ2n) is 4.85. The summed E-state index contributed by atoms with van der Waals surface area (Å²) < 4.78 is 4.78. The van der Waals surface area contributed by atoms with E-state index in [0.717, 1.165) is 12.1 Å². The number of ether oxygens (including phenoxy) is 1. The maximum absolute atomic E-state index is 12.0. The van der Waals surface area contributed by atoms with Crippen LogP contribution in [0.1, 0.15) is 15.9 Å². The summed E-state index contributed by atoms with van der Waals surface area (Å²) in [6.07, 6.45) is 0. The van der Waals surface area contributed by atoms with Crippen molar-refractivity contribution >= 4 is 46.5 Å². The third kappa shape index (κ3) is 4.69. The molecule has 0 aromatic heterocycles. The fourth-order valence-corrected chi connectivity index (χ4v) is 2.32. The van der Waals surface area contributed by atoms with Gasteiger partial charge in [0, 0.05) is 16.8 Å². The Morgan fingerprint density at radius 1 is 1.23 bits per heavy atom. The highest BCUT2D eigenvalue weighted by Crippen LogP contribution is 2.23. The summed E-state index contributed by atoms with van der Waals surface area (Å²) >= 11 is 11.6. The van der Waals surface area contributed by atoms with Gasteiger partial charge in [-0.2, -0.15) is 5.26 Å². The fourth-order valence-electron chi connectivity index (χ4n) is 1.92. The van der Waals surface area contributed by atoms with Gasteiger partial charge in [0.25, 0.3) is 11.6 Å². The zero-order valence-electron chi connectivity index (χ0n) is 12.9. The number of rotatable bonds is 5. The molecule has 2 rings (SSSR count). The molecule has 0 aliphatic heterocycles. The molecule has 26 heavy (non-hydrogen) atoms. The van der Waals surface area contributed by atoms with E-state index in [4.69, 9.17) is 33.2 Å². The van der Waals surface area contributed by atoms with Gasteiger partial charge in [-0.25, -0.2) is 4.79 Å². The topological polar surface area (TPSA) is 122 Å². The molecule has 1 amide bonds. The SMILES string of the molecule is N#Cc1ccc(NC(=O)COC(=O)c2cc(Cl)ccc2[N+](=O)[O-])cc1Cl. The molecule has 8 nitrogen and oxygen atoms in total. The van der Waals surface area contributed by atoms with E-state index in [-0.39, 0.29) is 21.2 Å². The number of nitro groups is 1. The number of nitro benzene ring substituents is 1. The third-order valence-corrected chi connectivity index (χ3v) is 3.63. The van der Waals surface area contributed by atoms with Gasteiger partial charge in [-0.1, -0.05) is 23.2 Å². The monoisotopic (exact) mass is 393 g/mol. The standard InChI is InChI=1S/C16H9Cl2N3O5/c17-10-2-4-14(21(24)25)12(5-10)16(23)26-8-15(22)20-11-3-1-9(7-19)13(18)6-11/h1-6H,8H2,(H,20,22). The molecule has 0 unspecified atom stereocenters. The number of anilines is 1. The largest absolute Gasteiger partial charge is 0.452 e. The number of nitriles is 1. The molecule has 2 aromatic carbocycles. The van der Waals surface area contributed by atoms with Gasteiger partial charge in [0.15, 0.2) is 6.61 Å². The number of carbonyl (C=O) groups excluding carboxylic acids is 2. The van der Waals surface area contributed by atoms with E-state index in [1.807, 2.05) is 6.07 Å². The Balaban J connectivity index is 2.03. The Bertz CT molecular complexity index is 940. The van der Waals surface area contributed by atoms with Crippen LogP contribution in [0.3, 0.4) is 0 Å². The number of carbonyl (C=O) groups is 2. The highest BCUT2D eigenvalue weighted by Gasteiger charge is 2.22. The van der Waals surface area contributed by atoms with Crippen LogP contribution in [0.4, 0.5) is 11.4 Å². The number of esters is 1. The molecule has 0 radical (unpaired) electrons. The van der Waals surface area contributed by atoms with Crippen molar-refractivity contribution in [3.05, 3.63) is 67.7 Å². The van der Waals surface area contributed by atoms with E-state index < -0.39 is 29.1 Å². The van der Waals surface area contributed by atoms with Crippen LogP contribution < -0.4 is 5.32 Å². The molecule has 0 spiro atoms. The Kier molecular flexibility index (Phi) is 6.11. The summed E-state index contributed by atoms with van der Waals surface area (Å²) in [6.45, 7) is -0.680. The van der Waals surface area contributed by atoms with Crippen molar-refractivity contribution in [1.82, 2.24) is 0 Å². The molecule has 0 atom stereocenters. The van der Waals surface area contributed by atoms with E-state index in [1.165, 1.54) is 24.3 Å². The maximum atomic E-state index is 12.0. The van der Waals surface area contributed by atoms with Crippen molar-refractivity contribution in [1.29, 1.82) is 5.26 Å². The lowest BCUT2D eigenvalue weighted by Gasteiger charge is -2.08. The first-order chi connectivity index (χ1) is 12.3. The number of hydrogen-bond donors (Lipinski definition) is 1. The smallest absolute Gasteiger partial charge is 0.345 e. The van der Waals surface area contributed by atoms with Crippen LogP contribution in [0.25, 0.3) is 0 Å². The highest BCUT2D eigenvalue weighted by molar-refractivity contribution is 6.32.